The van der Waals surface area contributed by atoms with Crippen molar-refractivity contribution in [2.45, 2.75) is 6.92 Å². The maximum atomic E-state index is 12.9. The molecule has 0 saturated heterocycles. The number of fused-ring (bicyclic) bond motifs is 1. The lowest BCUT2D eigenvalue weighted by Gasteiger charge is -2.10. The van der Waals surface area contributed by atoms with Gasteiger partial charge < -0.3 is 5.32 Å². The molecule has 0 bridgehead atoms. The number of anilines is 1. The summed E-state index contributed by atoms with van der Waals surface area (Å²) in [5.41, 5.74) is 5.38. The van der Waals surface area contributed by atoms with Crippen LogP contribution in [-0.4, -0.2) is 15.7 Å². The molecule has 1 heterocycles. The monoisotopic (exact) mass is 403 g/mol. The molecule has 1 N–H and O–H groups in total. The Bertz CT molecular complexity index is 1360. The van der Waals surface area contributed by atoms with Crippen LogP contribution in [0.2, 0.25) is 0 Å². The zero-order chi connectivity index (χ0) is 21.2. The lowest BCUT2D eigenvalue weighted by molar-refractivity contribution is 0.102. The van der Waals surface area contributed by atoms with E-state index in [0.29, 0.717) is 5.56 Å². The van der Waals surface area contributed by atoms with E-state index in [1.54, 1.807) is 0 Å². The molecule has 4 aromatic carbocycles. The quantitative estimate of drug-likeness (QED) is 0.385. The van der Waals surface area contributed by atoms with Crippen LogP contribution in [0, 0.1) is 6.92 Å². The minimum absolute atomic E-state index is 0.136. The number of amides is 1. The number of carbonyl (C=O) groups excluding carboxylic acids is 1. The Hall–Kier alpha value is -4.18. The van der Waals surface area contributed by atoms with E-state index in [1.165, 1.54) is 0 Å². The number of carbonyl (C=O) groups is 1. The van der Waals surface area contributed by atoms with Crippen molar-refractivity contribution in [1.82, 2.24) is 9.78 Å². The first-order chi connectivity index (χ1) is 15.2. The SMILES string of the molecule is Cc1cc(-c2ccccc2)n(-c2ccc(C(=O)Nc3cccc4ccccc34)cc2)n1. The lowest BCUT2D eigenvalue weighted by Crippen LogP contribution is -2.12. The predicted molar refractivity (Wildman–Crippen MR) is 126 cm³/mol. The predicted octanol–water partition coefficient (Wildman–Crippen LogP) is 6.25. The number of aryl methyl sites for hydroxylation is 1. The summed E-state index contributed by atoms with van der Waals surface area (Å²) < 4.78 is 1.91. The van der Waals surface area contributed by atoms with Crippen LogP contribution in [0.1, 0.15) is 16.1 Å². The first-order valence-electron chi connectivity index (χ1n) is 10.2. The van der Waals surface area contributed by atoms with Crippen molar-refractivity contribution in [1.29, 1.82) is 0 Å². The molecule has 1 amide bonds. The number of nitrogens with one attached hydrogen (secondary N) is 1. The van der Waals surface area contributed by atoms with E-state index in [9.17, 15) is 4.79 Å². The molecule has 5 aromatic rings. The summed E-state index contributed by atoms with van der Waals surface area (Å²) in [5.74, 6) is -0.136. The van der Waals surface area contributed by atoms with Gasteiger partial charge in [-0.1, -0.05) is 66.7 Å². The number of aromatic nitrogens is 2. The third-order valence-electron chi connectivity index (χ3n) is 5.31. The summed E-state index contributed by atoms with van der Waals surface area (Å²) in [6.45, 7) is 1.98. The van der Waals surface area contributed by atoms with E-state index in [0.717, 1.165) is 39.1 Å². The molecule has 5 rings (SSSR count). The van der Waals surface area contributed by atoms with Gasteiger partial charge >= 0.3 is 0 Å². The number of hydrogen-bond donors (Lipinski definition) is 1. The molecular formula is C27H21N3O. The van der Waals surface area contributed by atoms with Crippen LogP contribution in [0.25, 0.3) is 27.7 Å². The first kappa shape index (κ1) is 18.8. The van der Waals surface area contributed by atoms with E-state index in [-0.39, 0.29) is 5.91 Å². The van der Waals surface area contributed by atoms with Crippen molar-refractivity contribution in [3.63, 3.8) is 0 Å². The smallest absolute Gasteiger partial charge is 0.255 e. The number of rotatable bonds is 4. The summed E-state index contributed by atoms with van der Waals surface area (Å²) in [6, 6.07) is 33.7. The molecule has 1 aromatic heterocycles. The minimum atomic E-state index is -0.136. The zero-order valence-electron chi connectivity index (χ0n) is 17.1. The van der Waals surface area contributed by atoms with Gasteiger partial charge in [0.15, 0.2) is 0 Å². The van der Waals surface area contributed by atoms with Crippen LogP contribution in [0.4, 0.5) is 5.69 Å². The highest BCUT2D eigenvalue weighted by Crippen LogP contribution is 2.25. The van der Waals surface area contributed by atoms with Crippen molar-refractivity contribution in [3.05, 3.63) is 114 Å². The first-order valence-corrected chi connectivity index (χ1v) is 10.2. The van der Waals surface area contributed by atoms with Crippen molar-refractivity contribution in [3.8, 4) is 16.9 Å². The summed E-state index contributed by atoms with van der Waals surface area (Å²) >= 11 is 0. The highest BCUT2D eigenvalue weighted by Gasteiger charge is 2.12. The van der Waals surface area contributed by atoms with E-state index in [4.69, 9.17) is 0 Å². The molecule has 0 aliphatic rings. The number of hydrogen-bond acceptors (Lipinski definition) is 2. The third-order valence-corrected chi connectivity index (χ3v) is 5.31. The molecule has 0 atom stereocenters. The van der Waals surface area contributed by atoms with Gasteiger partial charge in [-0.05, 0) is 48.7 Å². The van der Waals surface area contributed by atoms with Gasteiger partial charge in [0.25, 0.3) is 5.91 Å². The lowest BCUT2D eigenvalue weighted by atomic mass is 10.1. The minimum Gasteiger partial charge on any atom is -0.321 e. The Labute approximate surface area is 180 Å². The summed E-state index contributed by atoms with van der Waals surface area (Å²) in [7, 11) is 0. The molecule has 0 radical (unpaired) electrons. The molecule has 0 fully saturated rings. The highest BCUT2D eigenvalue weighted by atomic mass is 16.1. The van der Waals surface area contributed by atoms with E-state index < -0.39 is 0 Å². The van der Waals surface area contributed by atoms with Crippen LogP contribution in [-0.2, 0) is 0 Å². The summed E-state index contributed by atoms with van der Waals surface area (Å²) in [5, 5.41) is 9.81. The largest absolute Gasteiger partial charge is 0.321 e. The number of nitrogens with zero attached hydrogens (tertiary/aromatic N) is 2. The van der Waals surface area contributed by atoms with Gasteiger partial charge in [-0.15, -0.1) is 0 Å². The Balaban J connectivity index is 1.43. The van der Waals surface area contributed by atoms with Crippen LogP contribution in [0.5, 0.6) is 0 Å². The third kappa shape index (κ3) is 3.71. The highest BCUT2D eigenvalue weighted by molar-refractivity contribution is 6.09. The molecule has 4 nitrogen and oxygen atoms in total. The molecule has 150 valence electrons. The number of benzene rings is 4. The molecular weight excluding hydrogens is 382 g/mol. The van der Waals surface area contributed by atoms with E-state index >= 15 is 0 Å². The van der Waals surface area contributed by atoms with Gasteiger partial charge in [0.05, 0.1) is 17.1 Å². The van der Waals surface area contributed by atoms with Gasteiger partial charge in [0, 0.05) is 22.2 Å². The fourth-order valence-electron chi connectivity index (χ4n) is 3.79. The van der Waals surface area contributed by atoms with Crippen LogP contribution in [0.15, 0.2) is 103 Å². The van der Waals surface area contributed by atoms with Crippen LogP contribution >= 0.6 is 0 Å². The standard InChI is InChI=1S/C27H21N3O/c1-19-18-26(21-9-3-2-4-10-21)30(29-19)23-16-14-22(15-17-23)27(31)28-25-13-7-11-20-8-5-6-12-24(20)25/h2-18H,1H3,(H,28,31). The van der Waals surface area contributed by atoms with Gasteiger partial charge in [-0.2, -0.15) is 5.10 Å². The van der Waals surface area contributed by atoms with Crippen molar-refractivity contribution < 1.29 is 4.79 Å². The van der Waals surface area contributed by atoms with Crippen LogP contribution in [0.3, 0.4) is 0 Å². The second-order valence-corrected chi connectivity index (χ2v) is 7.48. The molecule has 31 heavy (non-hydrogen) atoms. The fourth-order valence-corrected chi connectivity index (χ4v) is 3.79. The van der Waals surface area contributed by atoms with Gasteiger partial charge in [-0.25, -0.2) is 4.68 Å². The van der Waals surface area contributed by atoms with E-state index in [1.807, 2.05) is 96.5 Å². The molecule has 0 spiro atoms. The molecule has 0 saturated carbocycles. The van der Waals surface area contributed by atoms with Crippen LogP contribution < -0.4 is 5.32 Å². The van der Waals surface area contributed by atoms with Crippen molar-refractivity contribution in [2.75, 3.05) is 5.32 Å². The summed E-state index contributed by atoms with van der Waals surface area (Å²) in [4.78, 5) is 12.9. The fraction of sp³-hybridized carbons (Fsp3) is 0.0370. The average molecular weight is 403 g/mol. The normalized spacial score (nSPS) is 10.9. The molecule has 0 unspecified atom stereocenters. The van der Waals surface area contributed by atoms with Gasteiger partial charge in [0.2, 0.25) is 0 Å². The van der Waals surface area contributed by atoms with Gasteiger partial charge in [-0.3, -0.25) is 4.79 Å². The van der Waals surface area contributed by atoms with E-state index in [2.05, 4.69) is 28.6 Å². The van der Waals surface area contributed by atoms with Crippen molar-refractivity contribution >= 4 is 22.4 Å². The maximum Gasteiger partial charge on any atom is 0.255 e. The Morgan fingerprint density at radius 3 is 2.32 bits per heavy atom. The van der Waals surface area contributed by atoms with Crippen molar-refractivity contribution in [2.24, 2.45) is 0 Å². The molecule has 0 aliphatic carbocycles. The second kappa shape index (κ2) is 7.92. The van der Waals surface area contributed by atoms with Gasteiger partial charge in [0.1, 0.15) is 0 Å². The molecule has 4 heteroatoms. The maximum absolute atomic E-state index is 12.9. The Morgan fingerprint density at radius 1 is 0.806 bits per heavy atom. The molecule has 0 aliphatic heterocycles. The summed E-state index contributed by atoms with van der Waals surface area (Å²) in [6.07, 6.45) is 0. The Morgan fingerprint density at radius 2 is 1.52 bits per heavy atom. The Kier molecular flexibility index (Phi) is 4.81. The zero-order valence-corrected chi connectivity index (χ0v) is 17.1. The second-order valence-electron chi connectivity index (χ2n) is 7.48. The topological polar surface area (TPSA) is 46.9 Å². The average Bonchev–Trinajstić information content (AvgIpc) is 3.22.